The summed E-state index contributed by atoms with van der Waals surface area (Å²) in [6.07, 6.45) is 3.90. The van der Waals surface area contributed by atoms with Crippen LogP contribution in [0.5, 0.6) is 5.75 Å². The number of carbonyl (C=O) groups is 1. The largest absolute Gasteiger partial charge is 0.508 e. The Morgan fingerprint density at radius 3 is 2.89 bits per heavy atom. The molecule has 0 fully saturated rings. The van der Waals surface area contributed by atoms with E-state index in [0.717, 1.165) is 0 Å². The maximum atomic E-state index is 12.2. The lowest BCUT2D eigenvalue weighted by atomic mass is 10.2. The molecule has 2 rings (SSSR count). The van der Waals surface area contributed by atoms with Crippen LogP contribution in [-0.2, 0) is 11.3 Å². The molecule has 0 aliphatic heterocycles. The Hall–Kier alpha value is -2.30. The molecule has 5 nitrogen and oxygen atoms in total. The highest BCUT2D eigenvalue weighted by molar-refractivity contribution is 5.93. The second-order valence-corrected chi connectivity index (χ2v) is 4.18. The molecule has 0 unspecified atom stereocenters. The predicted octanol–water partition coefficient (Wildman–Crippen LogP) is 2.03. The lowest BCUT2D eigenvalue weighted by molar-refractivity contribution is -0.118. The van der Waals surface area contributed by atoms with Crippen molar-refractivity contribution in [1.82, 2.24) is 9.78 Å². The van der Waals surface area contributed by atoms with Crippen molar-refractivity contribution in [1.29, 1.82) is 0 Å². The Bertz CT molecular complexity index is 537. The van der Waals surface area contributed by atoms with E-state index in [2.05, 4.69) is 5.10 Å². The standard InChI is InChI=1S/C14H17N3O2/c1-2-17(12-5-3-6-13(18)11-12)14(19)7-10-16-9-4-8-15-16/h3-6,8-9,11,18H,2,7,10H2,1H3. The lowest BCUT2D eigenvalue weighted by Gasteiger charge is -2.21. The van der Waals surface area contributed by atoms with Crippen LogP contribution in [0.4, 0.5) is 5.69 Å². The number of carbonyl (C=O) groups excluding carboxylic acids is 1. The number of nitrogens with zero attached hydrogens (tertiary/aromatic N) is 3. The van der Waals surface area contributed by atoms with E-state index in [9.17, 15) is 9.90 Å². The van der Waals surface area contributed by atoms with Crippen LogP contribution < -0.4 is 4.90 Å². The van der Waals surface area contributed by atoms with E-state index in [-0.39, 0.29) is 11.7 Å². The van der Waals surface area contributed by atoms with Crippen LogP contribution in [0.25, 0.3) is 0 Å². The fourth-order valence-corrected chi connectivity index (χ4v) is 1.94. The molecule has 0 aliphatic rings. The maximum absolute atomic E-state index is 12.2. The molecule has 1 heterocycles. The van der Waals surface area contributed by atoms with Gasteiger partial charge in [0, 0.05) is 43.7 Å². The second kappa shape index (κ2) is 6.04. The number of hydrogen-bond donors (Lipinski definition) is 1. The minimum Gasteiger partial charge on any atom is -0.508 e. The highest BCUT2D eigenvalue weighted by Gasteiger charge is 2.14. The molecule has 0 spiro atoms. The summed E-state index contributed by atoms with van der Waals surface area (Å²) in [5.74, 6) is 0.180. The number of aryl methyl sites for hydroxylation is 1. The molecule has 1 aromatic carbocycles. The Kier molecular flexibility index (Phi) is 4.18. The first-order valence-electron chi connectivity index (χ1n) is 6.27. The van der Waals surface area contributed by atoms with E-state index in [0.29, 0.717) is 25.2 Å². The number of phenols is 1. The van der Waals surface area contributed by atoms with Crippen molar-refractivity contribution in [2.45, 2.75) is 19.9 Å². The van der Waals surface area contributed by atoms with Crippen LogP contribution >= 0.6 is 0 Å². The summed E-state index contributed by atoms with van der Waals surface area (Å²) >= 11 is 0. The van der Waals surface area contributed by atoms with Gasteiger partial charge in [0.15, 0.2) is 0 Å². The number of aromatic nitrogens is 2. The number of benzene rings is 1. The third-order valence-corrected chi connectivity index (χ3v) is 2.87. The van der Waals surface area contributed by atoms with Gasteiger partial charge in [-0.15, -0.1) is 0 Å². The predicted molar refractivity (Wildman–Crippen MR) is 73.0 cm³/mol. The van der Waals surface area contributed by atoms with Crippen molar-refractivity contribution in [3.63, 3.8) is 0 Å². The average molecular weight is 259 g/mol. The van der Waals surface area contributed by atoms with Crippen molar-refractivity contribution in [2.24, 2.45) is 0 Å². The number of amides is 1. The molecule has 5 heteroatoms. The van der Waals surface area contributed by atoms with E-state index in [1.807, 2.05) is 25.3 Å². The number of rotatable bonds is 5. The SMILES string of the molecule is CCN(C(=O)CCn1cccn1)c1cccc(O)c1. The summed E-state index contributed by atoms with van der Waals surface area (Å²) in [6.45, 7) is 3.04. The normalized spacial score (nSPS) is 10.4. The minimum atomic E-state index is 0.0172. The van der Waals surface area contributed by atoms with Gasteiger partial charge >= 0.3 is 0 Å². The molecule has 1 aromatic heterocycles. The number of aromatic hydroxyl groups is 1. The van der Waals surface area contributed by atoms with Crippen molar-refractivity contribution < 1.29 is 9.90 Å². The van der Waals surface area contributed by atoms with Crippen molar-refractivity contribution in [3.8, 4) is 5.75 Å². The zero-order chi connectivity index (χ0) is 13.7. The summed E-state index contributed by atoms with van der Waals surface area (Å²) in [5.41, 5.74) is 0.716. The molecule has 0 radical (unpaired) electrons. The zero-order valence-corrected chi connectivity index (χ0v) is 10.9. The molecular formula is C14H17N3O2. The summed E-state index contributed by atoms with van der Waals surface area (Å²) < 4.78 is 1.73. The maximum Gasteiger partial charge on any atom is 0.228 e. The first-order chi connectivity index (χ1) is 9.20. The molecule has 2 aromatic rings. The van der Waals surface area contributed by atoms with E-state index in [4.69, 9.17) is 0 Å². The Balaban J connectivity index is 2.02. The average Bonchev–Trinajstić information content (AvgIpc) is 2.90. The molecular weight excluding hydrogens is 242 g/mol. The van der Waals surface area contributed by atoms with Gasteiger partial charge in [-0.25, -0.2) is 0 Å². The highest BCUT2D eigenvalue weighted by atomic mass is 16.3. The Morgan fingerprint density at radius 2 is 2.26 bits per heavy atom. The molecule has 0 saturated carbocycles. The van der Waals surface area contributed by atoms with Gasteiger partial charge in [0.1, 0.15) is 5.75 Å². The first kappa shape index (κ1) is 13.1. The number of anilines is 1. The Labute approximate surface area is 112 Å². The smallest absolute Gasteiger partial charge is 0.228 e. The molecule has 1 N–H and O–H groups in total. The van der Waals surface area contributed by atoms with E-state index < -0.39 is 0 Å². The molecule has 0 atom stereocenters. The molecule has 0 saturated heterocycles. The van der Waals surface area contributed by atoms with Crippen LogP contribution in [-0.4, -0.2) is 27.3 Å². The lowest BCUT2D eigenvalue weighted by Crippen LogP contribution is -2.31. The quantitative estimate of drug-likeness (QED) is 0.893. The van der Waals surface area contributed by atoms with Gasteiger partial charge in [0.2, 0.25) is 5.91 Å². The third-order valence-electron chi connectivity index (χ3n) is 2.87. The van der Waals surface area contributed by atoms with Crippen LogP contribution in [0.2, 0.25) is 0 Å². The molecule has 0 bridgehead atoms. The summed E-state index contributed by atoms with van der Waals surface area (Å²) in [5, 5.41) is 13.5. The van der Waals surface area contributed by atoms with Crippen LogP contribution in [0.3, 0.4) is 0 Å². The highest BCUT2D eigenvalue weighted by Crippen LogP contribution is 2.20. The topological polar surface area (TPSA) is 58.4 Å². The zero-order valence-electron chi connectivity index (χ0n) is 10.9. The first-order valence-corrected chi connectivity index (χ1v) is 6.27. The number of hydrogen-bond acceptors (Lipinski definition) is 3. The van der Waals surface area contributed by atoms with E-state index in [1.54, 1.807) is 34.0 Å². The van der Waals surface area contributed by atoms with Crippen molar-refractivity contribution in [2.75, 3.05) is 11.4 Å². The van der Waals surface area contributed by atoms with Gasteiger partial charge in [-0.05, 0) is 25.1 Å². The van der Waals surface area contributed by atoms with Gasteiger partial charge in [-0.3, -0.25) is 9.48 Å². The summed E-state index contributed by atoms with van der Waals surface area (Å²) in [7, 11) is 0. The van der Waals surface area contributed by atoms with Gasteiger partial charge < -0.3 is 10.0 Å². The molecule has 0 aliphatic carbocycles. The summed E-state index contributed by atoms with van der Waals surface area (Å²) in [4.78, 5) is 13.8. The van der Waals surface area contributed by atoms with Gasteiger partial charge in [-0.2, -0.15) is 5.10 Å². The van der Waals surface area contributed by atoms with Crippen molar-refractivity contribution in [3.05, 3.63) is 42.7 Å². The third kappa shape index (κ3) is 3.34. The van der Waals surface area contributed by atoms with Crippen LogP contribution in [0.15, 0.2) is 42.7 Å². The van der Waals surface area contributed by atoms with Crippen LogP contribution in [0.1, 0.15) is 13.3 Å². The fourth-order valence-electron chi connectivity index (χ4n) is 1.94. The molecule has 19 heavy (non-hydrogen) atoms. The van der Waals surface area contributed by atoms with Gasteiger partial charge in [0.25, 0.3) is 0 Å². The van der Waals surface area contributed by atoms with E-state index >= 15 is 0 Å². The monoisotopic (exact) mass is 259 g/mol. The second-order valence-electron chi connectivity index (χ2n) is 4.18. The minimum absolute atomic E-state index is 0.0172. The molecule has 100 valence electrons. The van der Waals surface area contributed by atoms with Crippen molar-refractivity contribution >= 4 is 11.6 Å². The Morgan fingerprint density at radius 1 is 1.42 bits per heavy atom. The number of phenolic OH excluding ortho intramolecular Hbond substituents is 1. The van der Waals surface area contributed by atoms with Gasteiger partial charge in [0.05, 0.1) is 0 Å². The fraction of sp³-hybridized carbons (Fsp3) is 0.286. The van der Waals surface area contributed by atoms with Gasteiger partial charge in [-0.1, -0.05) is 6.07 Å². The molecule has 1 amide bonds. The summed E-state index contributed by atoms with van der Waals surface area (Å²) in [6, 6.07) is 8.56. The van der Waals surface area contributed by atoms with Crippen LogP contribution in [0, 0.1) is 0 Å². The van der Waals surface area contributed by atoms with E-state index in [1.165, 1.54) is 0 Å².